The van der Waals surface area contributed by atoms with E-state index < -0.39 is 33.6 Å². The smallest absolute Gasteiger partial charge is 0.271 e. The molecule has 0 unspecified atom stereocenters. The van der Waals surface area contributed by atoms with Gasteiger partial charge in [-0.05, 0) is 42.1 Å². The Morgan fingerprint density at radius 2 is 2.00 bits per heavy atom. The van der Waals surface area contributed by atoms with Crippen molar-refractivity contribution in [3.63, 3.8) is 0 Å². The summed E-state index contributed by atoms with van der Waals surface area (Å²) in [5.41, 5.74) is -0.770. The first-order valence-corrected chi connectivity index (χ1v) is 11.1. The highest BCUT2D eigenvalue weighted by atomic mass is 32.2. The number of nitrogens with one attached hydrogen (secondary N) is 2. The Balaban J connectivity index is 1.61. The molecule has 1 saturated heterocycles. The third-order valence-corrected chi connectivity index (χ3v) is 7.80. The largest absolute Gasteiger partial charge is 0.390 e. The van der Waals surface area contributed by atoms with E-state index in [0.717, 1.165) is 23.5 Å². The molecular formula is C18H18FN3O5S2. The second-order valence-electron chi connectivity index (χ2n) is 6.79. The lowest BCUT2D eigenvalue weighted by Gasteiger charge is -2.33. The van der Waals surface area contributed by atoms with E-state index in [9.17, 15) is 27.8 Å². The van der Waals surface area contributed by atoms with Gasteiger partial charge in [0, 0.05) is 24.7 Å². The minimum Gasteiger partial charge on any atom is -0.390 e. The molecule has 1 fully saturated rings. The molecule has 1 aromatic carbocycles. The maximum absolute atomic E-state index is 14.4. The summed E-state index contributed by atoms with van der Waals surface area (Å²) in [4.78, 5) is 16.2. The van der Waals surface area contributed by atoms with Gasteiger partial charge in [0.05, 0.1) is 22.9 Å². The molecule has 0 spiro atoms. The Bertz CT molecular complexity index is 1220. The number of sulfonamides is 1. The lowest BCUT2D eigenvalue weighted by Crippen LogP contribution is -2.46. The van der Waals surface area contributed by atoms with Crippen LogP contribution in [0.5, 0.6) is 0 Å². The topological polar surface area (TPSA) is 123 Å². The van der Waals surface area contributed by atoms with E-state index in [4.69, 9.17) is 0 Å². The lowest BCUT2D eigenvalue weighted by molar-refractivity contribution is 0.00816. The summed E-state index contributed by atoms with van der Waals surface area (Å²) < 4.78 is 42.0. The molecule has 8 nitrogen and oxygen atoms in total. The van der Waals surface area contributed by atoms with E-state index in [-0.39, 0.29) is 21.8 Å². The molecule has 2 aromatic heterocycles. The Morgan fingerprint density at radius 1 is 1.21 bits per heavy atom. The molecule has 0 bridgehead atoms. The number of halogens is 1. The number of aliphatic hydroxyl groups is 2. The average Bonchev–Trinajstić information content (AvgIpc) is 3.16. The molecule has 2 atom stereocenters. The van der Waals surface area contributed by atoms with Gasteiger partial charge >= 0.3 is 0 Å². The fourth-order valence-electron chi connectivity index (χ4n) is 3.23. The van der Waals surface area contributed by atoms with Crippen molar-refractivity contribution in [1.82, 2.24) is 4.98 Å². The Morgan fingerprint density at radius 3 is 2.76 bits per heavy atom. The fourth-order valence-corrected chi connectivity index (χ4v) is 5.61. The van der Waals surface area contributed by atoms with Crippen LogP contribution in [-0.4, -0.2) is 48.9 Å². The number of hydrogen-bond donors (Lipinski definition) is 4. The number of β-amino-alcohol motifs (C(OH)–C–C–N with tert-alkyl or cyclic N) is 1. The molecule has 0 aliphatic carbocycles. The number of aromatic amines is 1. The van der Waals surface area contributed by atoms with Gasteiger partial charge in [0.15, 0.2) is 0 Å². The van der Waals surface area contributed by atoms with Gasteiger partial charge in [0.25, 0.3) is 15.6 Å². The van der Waals surface area contributed by atoms with Crippen LogP contribution >= 0.6 is 11.3 Å². The van der Waals surface area contributed by atoms with Gasteiger partial charge in [-0.25, -0.2) is 12.8 Å². The van der Waals surface area contributed by atoms with Crippen molar-refractivity contribution < 1.29 is 23.0 Å². The normalized spacial score (nSPS) is 20.2. The first-order chi connectivity index (χ1) is 13.7. The van der Waals surface area contributed by atoms with Crippen molar-refractivity contribution >= 4 is 42.8 Å². The van der Waals surface area contributed by atoms with Gasteiger partial charge in [-0.1, -0.05) is 0 Å². The number of aliphatic hydroxyl groups excluding tert-OH is 2. The summed E-state index contributed by atoms with van der Waals surface area (Å²) >= 11 is 0.974. The summed E-state index contributed by atoms with van der Waals surface area (Å²) in [5, 5.41) is 20.6. The van der Waals surface area contributed by atoms with Gasteiger partial charge in [-0.3, -0.25) is 9.52 Å². The number of rotatable bonds is 4. The highest BCUT2D eigenvalue weighted by Gasteiger charge is 2.28. The van der Waals surface area contributed by atoms with Crippen LogP contribution in [0, 0.1) is 5.82 Å². The van der Waals surface area contributed by atoms with Crippen LogP contribution in [0.25, 0.3) is 10.8 Å². The summed E-state index contributed by atoms with van der Waals surface area (Å²) in [6, 6.07) is 6.78. The monoisotopic (exact) mass is 439 g/mol. The summed E-state index contributed by atoms with van der Waals surface area (Å²) in [6.07, 6.45) is 0.0531. The molecular weight excluding hydrogens is 421 g/mol. The zero-order chi connectivity index (χ0) is 20.8. The van der Waals surface area contributed by atoms with Gasteiger partial charge in [0.2, 0.25) is 0 Å². The molecule has 1 aliphatic rings. The van der Waals surface area contributed by atoms with Gasteiger partial charge < -0.3 is 20.1 Å². The minimum atomic E-state index is -4.08. The van der Waals surface area contributed by atoms with E-state index in [2.05, 4.69) is 9.71 Å². The lowest BCUT2D eigenvalue weighted by atomic mass is 10.1. The highest BCUT2D eigenvalue weighted by molar-refractivity contribution is 7.94. The first kappa shape index (κ1) is 19.8. The van der Waals surface area contributed by atoms with Crippen molar-refractivity contribution in [3.05, 3.63) is 52.7 Å². The highest BCUT2D eigenvalue weighted by Crippen LogP contribution is 2.33. The number of anilines is 2. The zero-order valence-corrected chi connectivity index (χ0v) is 16.6. The van der Waals surface area contributed by atoms with E-state index >= 15 is 0 Å². The SMILES string of the molecule is O=c1[nH]ccc2cc(F)c(NS(=O)(=O)c3ccc(N4CC[C@@H](O)[C@H](O)C4)s3)cc12. The van der Waals surface area contributed by atoms with Crippen LogP contribution in [-0.2, 0) is 10.0 Å². The number of fused-ring (bicyclic) bond motifs is 1. The van der Waals surface area contributed by atoms with Crippen LogP contribution in [0.2, 0.25) is 0 Å². The second-order valence-corrected chi connectivity index (χ2v) is 9.77. The maximum atomic E-state index is 14.4. The van der Waals surface area contributed by atoms with Crippen molar-refractivity contribution in [1.29, 1.82) is 0 Å². The molecule has 11 heteroatoms. The standard InChI is InChI=1S/C18H18FN3O5S2/c19-12-7-10-3-5-20-18(25)11(10)8-13(12)21-29(26,27)17-2-1-16(28-17)22-6-4-14(23)15(24)9-22/h1-3,5,7-8,14-15,21,23-24H,4,6,9H2,(H,20,25)/t14-,15-/m1/s1. The van der Waals surface area contributed by atoms with E-state index in [0.29, 0.717) is 23.4 Å². The molecule has 0 saturated carbocycles. The molecule has 4 rings (SSSR count). The third-order valence-electron chi connectivity index (χ3n) is 4.80. The number of thiophene rings is 1. The minimum absolute atomic E-state index is 0.0328. The number of piperidine rings is 1. The molecule has 0 radical (unpaired) electrons. The molecule has 0 amide bonds. The number of pyridine rings is 1. The van der Waals surface area contributed by atoms with Crippen LogP contribution in [0.3, 0.4) is 0 Å². The van der Waals surface area contributed by atoms with E-state index in [1.165, 1.54) is 18.3 Å². The van der Waals surface area contributed by atoms with E-state index in [1.807, 2.05) is 0 Å². The number of benzene rings is 1. The third kappa shape index (κ3) is 3.86. The van der Waals surface area contributed by atoms with Gasteiger partial charge in [0.1, 0.15) is 10.0 Å². The summed E-state index contributed by atoms with van der Waals surface area (Å²) in [7, 11) is -4.08. The van der Waals surface area contributed by atoms with Crippen molar-refractivity contribution in [2.45, 2.75) is 22.8 Å². The molecule has 154 valence electrons. The first-order valence-electron chi connectivity index (χ1n) is 8.79. The Labute approximate surface area is 169 Å². The molecule has 1 aliphatic heterocycles. The van der Waals surface area contributed by atoms with Gasteiger partial charge in [-0.2, -0.15) is 0 Å². The maximum Gasteiger partial charge on any atom is 0.271 e. The summed E-state index contributed by atoms with van der Waals surface area (Å²) in [5.74, 6) is -0.795. The number of H-pyrrole nitrogens is 1. The van der Waals surface area contributed by atoms with Crippen molar-refractivity contribution in [2.75, 3.05) is 22.7 Å². The predicted octanol–water partition coefficient (Wildman–Crippen LogP) is 1.46. The zero-order valence-electron chi connectivity index (χ0n) is 15.0. The molecule has 4 N–H and O–H groups in total. The van der Waals surface area contributed by atoms with E-state index in [1.54, 1.807) is 11.0 Å². The number of aromatic nitrogens is 1. The van der Waals surface area contributed by atoms with Crippen molar-refractivity contribution in [2.24, 2.45) is 0 Å². The van der Waals surface area contributed by atoms with Crippen LogP contribution in [0.15, 0.2) is 45.5 Å². The van der Waals surface area contributed by atoms with Crippen LogP contribution in [0.1, 0.15) is 6.42 Å². The fraction of sp³-hybridized carbons (Fsp3) is 0.278. The molecule has 3 aromatic rings. The Kier molecular flexibility index (Phi) is 5.07. The van der Waals surface area contributed by atoms with Crippen molar-refractivity contribution in [3.8, 4) is 0 Å². The molecule has 3 heterocycles. The quantitative estimate of drug-likeness (QED) is 0.488. The van der Waals surface area contributed by atoms with Gasteiger partial charge in [-0.15, -0.1) is 11.3 Å². The second kappa shape index (κ2) is 7.41. The number of hydrogen-bond acceptors (Lipinski definition) is 7. The van der Waals surface area contributed by atoms with Crippen LogP contribution < -0.4 is 15.2 Å². The van der Waals surface area contributed by atoms with Crippen LogP contribution in [0.4, 0.5) is 15.1 Å². The number of nitrogens with zero attached hydrogens (tertiary/aromatic N) is 1. The molecule has 29 heavy (non-hydrogen) atoms. The predicted molar refractivity (Wildman–Crippen MR) is 108 cm³/mol. The summed E-state index contributed by atoms with van der Waals surface area (Å²) in [6.45, 7) is 0.671. The Hall–Kier alpha value is -2.47. The average molecular weight is 439 g/mol.